The Morgan fingerprint density at radius 3 is 2.09 bits per heavy atom. The first-order valence-electron chi connectivity index (χ1n) is 4.32. The molecule has 1 aliphatic heterocycles. The van der Waals surface area contributed by atoms with Crippen LogP contribution in [-0.4, -0.2) is 30.1 Å². The van der Waals surface area contributed by atoms with Crippen LogP contribution in [0.2, 0.25) is 0 Å². The number of likely N-dealkylation sites (tertiary alicyclic amines) is 1. The maximum Gasteiger partial charge on any atom is 0.0275 e. The van der Waals surface area contributed by atoms with E-state index in [2.05, 4.69) is 32.6 Å². The summed E-state index contributed by atoms with van der Waals surface area (Å²) in [6.07, 6.45) is 0. The molecule has 0 radical (unpaired) electrons. The van der Waals surface area contributed by atoms with Gasteiger partial charge >= 0.3 is 0 Å². The van der Waals surface area contributed by atoms with Crippen LogP contribution < -0.4 is 5.73 Å². The molecule has 0 spiro atoms. The fraction of sp³-hybridized carbons (Fsp3) is 1.00. The average Bonchev–Trinajstić information content (AvgIpc) is 1.83. The smallest absolute Gasteiger partial charge is 0.0275 e. The zero-order chi connectivity index (χ0) is 8.70. The van der Waals surface area contributed by atoms with E-state index < -0.39 is 0 Å². The minimum Gasteiger partial charge on any atom is -0.329 e. The summed E-state index contributed by atoms with van der Waals surface area (Å²) in [4.78, 5) is 2.45. The van der Waals surface area contributed by atoms with Gasteiger partial charge in [-0.3, -0.25) is 4.90 Å². The van der Waals surface area contributed by atoms with Crippen molar-refractivity contribution in [2.45, 2.75) is 33.2 Å². The topological polar surface area (TPSA) is 29.3 Å². The van der Waals surface area contributed by atoms with Crippen molar-refractivity contribution in [3.63, 3.8) is 0 Å². The van der Waals surface area contributed by atoms with Gasteiger partial charge in [0.05, 0.1) is 0 Å². The number of nitrogens with zero attached hydrogens (tertiary/aromatic N) is 1. The number of rotatable bonds is 2. The standard InChI is InChI=1S/C9H20N2/c1-8(2)6-11(7-8)9(3,4)5-10/h5-7,10H2,1-4H3. The zero-order valence-corrected chi connectivity index (χ0v) is 8.15. The molecule has 0 saturated carbocycles. The van der Waals surface area contributed by atoms with E-state index in [1.165, 1.54) is 13.1 Å². The SMILES string of the molecule is CC1(C)CN(C(C)(C)CN)C1. The van der Waals surface area contributed by atoms with Crippen LogP contribution in [0.5, 0.6) is 0 Å². The fourth-order valence-corrected chi connectivity index (χ4v) is 1.54. The Kier molecular flexibility index (Phi) is 2.01. The molecule has 2 nitrogen and oxygen atoms in total. The van der Waals surface area contributed by atoms with Crippen LogP contribution in [0.25, 0.3) is 0 Å². The molecule has 0 aliphatic carbocycles. The van der Waals surface area contributed by atoms with Crippen molar-refractivity contribution < 1.29 is 0 Å². The minimum atomic E-state index is 0.204. The molecule has 0 amide bonds. The summed E-state index contributed by atoms with van der Waals surface area (Å²) in [6, 6.07) is 0. The van der Waals surface area contributed by atoms with Crippen LogP contribution in [0.15, 0.2) is 0 Å². The van der Waals surface area contributed by atoms with Gasteiger partial charge in [0.25, 0.3) is 0 Å². The van der Waals surface area contributed by atoms with E-state index in [1.807, 2.05) is 0 Å². The van der Waals surface area contributed by atoms with Gasteiger partial charge < -0.3 is 5.73 Å². The molecule has 1 rings (SSSR count). The summed E-state index contributed by atoms with van der Waals surface area (Å²) in [5.74, 6) is 0. The molecular weight excluding hydrogens is 136 g/mol. The lowest BCUT2D eigenvalue weighted by Gasteiger charge is -2.53. The Balaban J connectivity index is 2.43. The summed E-state index contributed by atoms with van der Waals surface area (Å²) >= 11 is 0. The average molecular weight is 156 g/mol. The highest BCUT2D eigenvalue weighted by Gasteiger charge is 2.41. The van der Waals surface area contributed by atoms with Gasteiger partial charge in [-0.15, -0.1) is 0 Å². The number of nitrogens with two attached hydrogens (primary N) is 1. The van der Waals surface area contributed by atoms with E-state index in [4.69, 9.17) is 5.73 Å². The van der Waals surface area contributed by atoms with Gasteiger partial charge in [-0.25, -0.2) is 0 Å². The molecule has 2 N–H and O–H groups in total. The molecule has 0 aromatic rings. The van der Waals surface area contributed by atoms with Crippen molar-refractivity contribution in [3.05, 3.63) is 0 Å². The van der Waals surface area contributed by atoms with Crippen LogP contribution in [0.1, 0.15) is 27.7 Å². The van der Waals surface area contributed by atoms with Crippen molar-refractivity contribution in [2.24, 2.45) is 11.1 Å². The molecule has 1 fully saturated rings. The summed E-state index contributed by atoms with van der Waals surface area (Å²) in [5.41, 5.74) is 6.39. The highest BCUT2D eigenvalue weighted by Crippen LogP contribution is 2.33. The largest absolute Gasteiger partial charge is 0.329 e. The quantitative estimate of drug-likeness (QED) is 0.648. The summed E-state index contributed by atoms with van der Waals surface area (Å²) in [5, 5.41) is 0. The predicted molar refractivity (Wildman–Crippen MR) is 48.5 cm³/mol. The van der Waals surface area contributed by atoms with Crippen molar-refractivity contribution in [1.82, 2.24) is 4.90 Å². The Morgan fingerprint density at radius 2 is 1.82 bits per heavy atom. The highest BCUT2D eigenvalue weighted by atomic mass is 15.3. The second-order valence-electron chi connectivity index (χ2n) is 5.04. The third-order valence-electron chi connectivity index (χ3n) is 2.59. The fourth-order valence-electron chi connectivity index (χ4n) is 1.54. The van der Waals surface area contributed by atoms with Crippen molar-refractivity contribution in [3.8, 4) is 0 Å². The minimum absolute atomic E-state index is 0.204. The maximum absolute atomic E-state index is 5.66. The number of hydrogen-bond donors (Lipinski definition) is 1. The molecule has 0 atom stereocenters. The summed E-state index contributed by atoms with van der Waals surface area (Å²) in [6.45, 7) is 12.2. The van der Waals surface area contributed by atoms with E-state index in [1.54, 1.807) is 0 Å². The van der Waals surface area contributed by atoms with Gasteiger partial charge in [-0.05, 0) is 19.3 Å². The van der Waals surface area contributed by atoms with Gasteiger partial charge in [0.2, 0.25) is 0 Å². The molecule has 0 aromatic carbocycles. The van der Waals surface area contributed by atoms with Crippen LogP contribution in [-0.2, 0) is 0 Å². The van der Waals surface area contributed by atoms with E-state index in [-0.39, 0.29) is 5.54 Å². The Morgan fingerprint density at radius 1 is 1.36 bits per heavy atom. The normalized spacial score (nSPS) is 24.8. The monoisotopic (exact) mass is 156 g/mol. The molecule has 0 unspecified atom stereocenters. The zero-order valence-electron chi connectivity index (χ0n) is 8.15. The second kappa shape index (κ2) is 2.46. The second-order valence-corrected chi connectivity index (χ2v) is 5.04. The molecular formula is C9H20N2. The third kappa shape index (κ3) is 1.74. The Hall–Kier alpha value is -0.0800. The Labute approximate surface area is 69.8 Å². The first-order chi connectivity index (χ1) is 4.87. The first-order valence-corrected chi connectivity index (χ1v) is 4.32. The number of hydrogen-bond acceptors (Lipinski definition) is 2. The van der Waals surface area contributed by atoms with Crippen molar-refractivity contribution >= 4 is 0 Å². The highest BCUT2D eigenvalue weighted by molar-refractivity contribution is 4.96. The predicted octanol–water partition coefficient (Wildman–Crippen LogP) is 1.07. The van der Waals surface area contributed by atoms with Crippen molar-refractivity contribution in [1.29, 1.82) is 0 Å². The summed E-state index contributed by atoms with van der Waals surface area (Å²) < 4.78 is 0. The van der Waals surface area contributed by atoms with Crippen LogP contribution in [0.4, 0.5) is 0 Å². The van der Waals surface area contributed by atoms with Crippen LogP contribution in [0.3, 0.4) is 0 Å². The summed E-state index contributed by atoms with van der Waals surface area (Å²) in [7, 11) is 0. The van der Waals surface area contributed by atoms with Gasteiger partial charge in [-0.1, -0.05) is 13.8 Å². The van der Waals surface area contributed by atoms with E-state index in [9.17, 15) is 0 Å². The molecule has 0 bridgehead atoms. The van der Waals surface area contributed by atoms with Gasteiger partial charge in [-0.2, -0.15) is 0 Å². The van der Waals surface area contributed by atoms with E-state index in [0.29, 0.717) is 5.41 Å². The lowest BCUT2D eigenvalue weighted by molar-refractivity contribution is -0.0406. The van der Waals surface area contributed by atoms with E-state index in [0.717, 1.165) is 6.54 Å². The maximum atomic E-state index is 5.66. The van der Waals surface area contributed by atoms with Crippen LogP contribution >= 0.6 is 0 Å². The van der Waals surface area contributed by atoms with Crippen LogP contribution in [0, 0.1) is 5.41 Å². The van der Waals surface area contributed by atoms with Crippen molar-refractivity contribution in [2.75, 3.05) is 19.6 Å². The Bertz CT molecular complexity index is 142. The molecule has 1 aliphatic rings. The molecule has 1 heterocycles. The van der Waals surface area contributed by atoms with Gasteiger partial charge in [0, 0.05) is 25.2 Å². The van der Waals surface area contributed by atoms with E-state index >= 15 is 0 Å². The lowest BCUT2D eigenvalue weighted by atomic mass is 9.80. The molecule has 0 aromatic heterocycles. The molecule has 11 heavy (non-hydrogen) atoms. The molecule has 1 saturated heterocycles. The van der Waals surface area contributed by atoms with Gasteiger partial charge in [0.15, 0.2) is 0 Å². The third-order valence-corrected chi connectivity index (χ3v) is 2.59. The van der Waals surface area contributed by atoms with Gasteiger partial charge in [0.1, 0.15) is 0 Å². The molecule has 2 heteroatoms. The lowest BCUT2D eigenvalue weighted by Crippen LogP contribution is -2.63. The molecule has 66 valence electrons. The first kappa shape index (κ1) is 9.01.